The number of ether oxygens (including phenoxy) is 3. The van der Waals surface area contributed by atoms with Gasteiger partial charge in [-0.2, -0.15) is 0 Å². The van der Waals surface area contributed by atoms with Gasteiger partial charge in [-0.25, -0.2) is 4.79 Å². The molecule has 0 amide bonds. The van der Waals surface area contributed by atoms with Crippen LogP contribution in [0.2, 0.25) is 0 Å². The number of rotatable bonds is 5. The van der Waals surface area contributed by atoms with Gasteiger partial charge in [0.25, 0.3) is 0 Å². The van der Waals surface area contributed by atoms with E-state index in [2.05, 4.69) is 16.5 Å². The lowest BCUT2D eigenvalue weighted by Crippen LogP contribution is -2.09. The van der Waals surface area contributed by atoms with Crippen molar-refractivity contribution in [1.29, 1.82) is 0 Å². The Morgan fingerprint density at radius 3 is 2.79 bits per heavy atom. The molecule has 7 nitrogen and oxygen atoms in total. The third-order valence-corrected chi connectivity index (χ3v) is 5.88. The van der Waals surface area contributed by atoms with Gasteiger partial charge in [0.2, 0.25) is 5.78 Å². The van der Waals surface area contributed by atoms with E-state index < -0.39 is 5.97 Å². The molecule has 0 saturated carbocycles. The molecule has 4 aromatic rings. The predicted octanol–water partition coefficient (Wildman–Crippen LogP) is 5.21. The van der Waals surface area contributed by atoms with Gasteiger partial charge in [-0.1, -0.05) is 0 Å². The van der Waals surface area contributed by atoms with Gasteiger partial charge in [0.05, 0.1) is 18.2 Å². The van der Waals surface area contributed by atoms with Crippen molar-refractivity contribution in [2.24, 2.45) is 0 Å². The zero-order valence-electron chi connectivity index (χ0n) is 19.0. The largest absolute Gasteiger partial charge is 0.497 e. The first kappa shape index (κ1) is 21.5. The monoisotopic (exact) mass is 454 g/mol. The van der Waals surface area contributed by atoms with Gasteiger partial charge < -0.3 is 18.8 Å². The van der Waals surface area contributed by atoms with Gasteiger partial charge in [-0.15, -0.1) is 0 Å². The van der Waals surface area contributed by atoms with Crippen molar-refractivity contribution in [2.45, 2.75) is 20.4 Å². The van der Waals surface area contributed by atoms with E-state index in [4.69, 9.17) is 14.2 Å². The first-order chi connectivity index (χ1) is 16.5. The highest BCUT2D eigenvalue weighted by Gasteiger charge is 2.31. The molecule has 0 radical (unpaired) electrons. The van der Waals surface area contributed by atoms with Crippen LogP contribution in [0.3, 0.4) is 0 Å². The molecule has 0 bridgehead atoms. The molecule has 3 heterocycles. The molecule has 0 N–H and O–H groups in total. The number of aromatic nitrogens is 2. The number of benzene rings is 2. The van der Waals surface area contributed by atoms with E-state index in [1.807, 2.05) is 24.4 Å². The molecule has 7 heteroatoms. The second kappa shape index (κ2) is 8.51. The van der Waals surface area contributed by atoms with Crippen LogP contribution in [0.5, 0.6) is 17.2 Å². The molecular formula is C27H22N2O5. The summed E-state index contributed by atoms with van der Waals surface area (Å²) in [6, 6.07) is 12.4. The number of ketones is 1. The predicted molar refractivity (Wildman–Crippen MR) is 127 cm³/mol. The Morgan fingerprint density at radius 2 is 2.06 bits per heavy atom. The normalized spacial score (nSPS) is 13.7. The fourth-order valence-corrected chi connectivity index (χ4v) is 4.07. The summed E-state index contributed by atoms with van der Waals surface area (Å²) in [7, 11) is 1.62. The number of pyridine rings is 1. The fraction of sp³-hybridized carbons (Fsp3) is 0.148. The van der Waals surface area contributed by atoms with Crippen molar-refractivity contribution in [3.05, 3.63) is 89.1 Å². The van der Waals surface area contributed by atoms with Crippen molar-refractivity contribution in [3.8, 4) is 17.2 Å². The molecule has 0 saturated heterocycles. The van der Waals surface area contributed by atoms with E-state index in [1.54, 1.807) is 50.6 Å². The number of methoxy groups -OCH3 is 1. The maximum absolute atomic E-state index is 13.1. The second-order valence-corrected chi connectivity index (χ2v) is 7.89. The Kier molecular flexibility index (Phi) is 5.37. The Hall–Kier alpha value is -4.39. The van der Waals surface area contributed by atoms with Gasteiger partial charge in [0.1, 0.15) is 17.2 Å². The summed E-state index contributed by atoms with van der Waals surface area (Å²) in [5, 5.41) is 0.962. The van der Waals surface area contributed by atoms with Crippen molar-refractivity contribution in [1.82, 2.24) is 9.55 Å². The Balaban J connectivity index is 1.49. The molecule has 1 aliphatic heterocycles. The summed E-state index contributed by atoms with van der Waals surface area (Å²) < 4.78 is 19.0. The lowest BCUT2D eigenvalue weighted by atomic mass is 10.1. The van der Waals surface area contributed by atoms with Crippen molar-refractivity contribution in [2.75, 3.05) is 7.11 Å². The van der Waals surface area contributed by atoms with Crippen LogP contribution >= 0.6 is 0 Å². The number of allylic oxidation sites excluding steroid dienone is 1. The first-order valence-electron chi connectivity index (χ1n) is 10.9. The van der Waals surface area contributed by atoms with Gasteiger partial charge >= 0.3 is 5.97 Å². The third-order valence-electron chi connectivity index (χ3n) is 5.88. The quantitative estimate of drug-likeness (QED) is 0.234. The van der Waals surface area contributed by atoms with Crippen LogP contribution in [0.25, 0.3) is 17.0 Å². The summed E-state index contributed by atoms with van der Waals surface area (Å²) in [4.78, 5) is 29.5. The summed E-state index contributed by atoms with van der Waals surface area (Å²) in [5.41, 5.74) is 3.24. The molecule has 0 atom stereocenters. The molecule has 0 aliphatic carbocycles. The summed E-state index contributed by atoms with van der Waals surface area (Å²) in [5.74, 6) is 0.922. The summed E-state index contributed by atoms with van der Waals surface area (Å²) in [6.07, 6.45) is 6.76. The number of hydrogen-bond acceptors (Lipinski definition) is 6. The number of aryl methyl sites for hydroxylation is 1. The maximum atomic E-state index is 13.1. The molecular weight excluding hydrogens is 432 g/mol. The summed E-state index contributed by atoms with van der Waals surface area (Å²) in [6.45, 7) is 4.60. The van der Waals surface area contributed by atoms with Gasteiger partial charge in [-0.05, 0) is 62.4 Å². The number of hydrogen-bond donors (Lipinski definition) is 0. The minimum absolute atomic E-state index is 0.215. The van der Waals surface area contributed by atoms with E-state index in [9.17, 15) is 9.59 Å². The maximum Gasteiger partial charge on any atom is 0.345 e. The zero-order chi connectivity index (χ0) is 23.8. The number of esters is 1. The van der Waals surface area contributed by atoms with E-state index in [1.165, 1.54) is 6.20 Å². The highest BCUT2D eigenvalue weighted by atomic mass is 16.5. The molecule has 2 aromatic heterocycles. The van der Waals surface area contributed by atoms with Gasteiger partial charge in [-0.3, -0.25) is 9.78 Å². The second-order valence-electron chi connectivity index (χ2n) is 7.89. The minimum Gasteiger partial charge on any atom is -0.497 e. The highest BCUT2D eigenvalue weighted by Crippen LogP contribution is 2.40. The van der Waals surface area contributed by atoms with Crippen LogP contribution in [-0.4, -0.2) is 28.4 Å². The topological polar surface area (TPSA) is 79.7 Å². The molecule has 5 rings (SSSR count). The number of nitrogens with zero attached hydrogens (tertiary/aromatic N) is 2. The van der Waals surface area contributed by atoms with Gasteiger partial charge in [0, 0.05) is 47.2 Å². The third kappa shape index (κ3) is 3.61. The fourth-order valence-electron chi connectivity index (χ4n) is 4.07. The number of carbonyl (C=O) groups excluding carboxylic acids is 2. The molecule has 34 heavy (non-hydrogen) atoms. The highest BCUT2D eigenvalue weighted by molar-refractivity contribution is 6.15. The molecule has 0 spiro atoms. The van der Waals surface area contributed by atoms with Crippen LogP contribution in [0, 0.1) is 6.92 Å². The minimum atomic E-state index is -0.530. The van der Waals surface area contributed by atoms with E-state index in [0.717, 1.165) is 28.8 Å². The van der Waals surface area contributed by atoms with E-state index in [-0.39, 0.29) is 11.5 Å². The SMILES string of the molecule is CCn1cc(/C=C2\Oc3c(ccc(OC(=O)c4cccnc4)c3C)C2=O)c2cc(OC)ccc21. The average molecular weight is 454 g/mol. The number of fused-ring (bicyclic) bond motifs is 2. The van der Waals surface area contributed by atoms with Crippen molar-refractivity contribution >= 4 is 28.7 Å². The van der Waals surface area contributed by atoms with Crippen LogP contribution in [-0.2, 0) is 6.54 Å². The van der Waals surface area contributed by atoms with Crippen molar-refractivity contribution < 1.29 is 23.8 Å². The van der Waals surface area contributed by atoms with Crippen LogP contribution in [0.15, 0.2) is 66.8 Å². The van der Waals surface area contributed by atoms with Crippen LogP contribution < -0.4 is 14.2 Å². The number of Topliss-reactive ketones (excluding diaryl/α,β-unsaturated/α-hetero) is 1. The number of carbonyl (C=O) groups is 2. The molecule has 2 aromatic carbocycles. The van der Waals surface area contributed by atoms with Gasteiger partial charge in [0.15, 0.2) is 5.76 Å². The van der Waals surface area contributed by atoms with Crippen LogP contribution in [0.4, 0.5) is 0 Å². The smallest absolute Gasteiger partial charge is 0.345 e. The lowest BCUT2D eigenvalue weighted by molar-refractivity contribution is 0.0732. The first-order valence-corrected chi connectivity index (χ1v) is 10.9. The van der Waals surface area contributed by atoms with Crippen molar-refractivity contribution in [3.63, 3.8) is 0 Å². The Labute approximate surface area is 196 Å². The molecule has 1 aliphatic rings. The Bertz CT molecular complexity index is 1470. The molecule has 170 valence electrons. The molecule has 0 fully saturated rings. The van der Waals surface area contributed by atoms with Crippen LogP contribution in [0.1, 0.15) is 38.8 Å². The lowest BCUT2D eigenvalue weighted by Gasteiger charge is -2.10. The summed E-state index contributed by atoms with van der Waals surface area (Å²) >= 11 is 0. The van der Waals surface area contributed by atoms with E-state index in [0.29, 0.717) is 28.2 Å². The molecule has 0 unspecified atom stereocenters. The standard InChI is InChI=1S/C27H22N2O5/c1-4-29-15-18(21-13-19(32-3)7-9-22(21)29)12-24-25(30)20-8-10-23(16(2)26(20)33-24)34-27(31)17-6-5-11-28-14-17/h5-15H,4H2,1-3H3/b24-12-. The zero-order valence-corrected chi connectivity index (χ0v) is 19.0. The average Bonchev–Trinajstić information content (AvgIpc) is 3.38. The Morgan fingerprint density at radius 1 is 1.21 bits per heavy atom. The van der Waals surface area contributed by atoms with E-state index >= 15 is 0 Å².